The van der Waals surface area contributed by atoms with E-state index in [0.717, 1.165) is 0 Å². The summed E-state index contributed by atoms with van der Waals surface area (Å²) < 4.78 is 17.2. The molecular formula is C25H29N3O7. The molecule has 2 rings (SSSR count). The molecule has 0 fully saturated rings. The van der Waals surface area contributed by atoms with E-state index in [0.29, 0.717) is 42.0 Å². The zero-order valence-corrected chi connectivity index (χ0v) is 19.3. The summed E-state index contributed by atoms with van der Waals surface area (Å²) in [5.74, 6) is -0.159. The maximum atomic E-state index is 12.8. The van der Waals surface area contributed by atoms with Gasteiger partial charge in [-0.05, 0) is 61.7 Å². The number of nitrogens with zero attached hydrogens (tertiary/aromatic N) is 1. The van der Waals surface area contributed by atoms with Crippen molar-refractivity contribution in [2.24, 2.45) is 0 Å². The highest BCUT2D eigenvalue weighted by Gasteiger charge is 2.28. The van der Waals surface area contributed by atoms with Gasteiger partial charge in [-0.1, -0.05) is 18.2 Å². The molecule has 0 saturated carbocycles. The molecule has 10 nitrogen and oxygen atoms in total. The molecule has 0 aliphatic rings. The van der Waals surface area contributed by atoms with E-state index in [2.05, 4.69) is 5.32 Å². The van der Waals surface area contributed by atoms with Gasteiger partial charge in [0.1, 0.15) is 12.4 Å². The molecule has 10 heteroatoms. The minimum Gasteiger partial charge on any atom is -0.491 e. The third-order valence-electron chi connectivity index (χ3n) is 4.76. The molecule has 0 saturated heterocycles. The Morgan fingerprint density at radius 2 is 1.97 bits per heavy atom. The van der Waals surface area contributed by atoms with Crippen LogP contribution in [0.2, 0.25) is 0 Å². The van der Waals surface area contributed by atoms with Crippen LogP contribution < -0.4 is 15.5 Å². The minimum absolute atomic E-state index is 0.112. The Balaban J connectivity index is 2.25. The lowest BCUT2D eigenvalue weighted by Crippen LogP contribution is -2.29. The van der Waals surface area contributed by atoms with E-state index in [1.165, 1.54) is 11.6 Å². The molecule has 0 radical (unpaired) electrons. The van der Waals surface area contributed by atoms with Crippen LogP contribution in [0.5, 0.6) is 5.75 Å². The standard InChI is InChI=1S/C25H29N3O7/c1-2-33-22(8-3-4-9-23(30)28-32)24(19-6-5-7-21(16-19)34-15-14-29)35-25(31)27-20-12-10-18(17-26)11-13-20/h4-7,9-13,16,22,24,29,32H,2-3,8,14-15H2,1H3,(H,27,31)(H,28,30)/b9-4+/t22-,24-/m1/s1. The highest BCUT2D eigenvalue weighted by molar-refractivity contribution is 5.86. The van der Waals surface area contributed by atoms with Crippen molar-refractivity contribution in [1.29, 1.82) is 5.26 Å². The average Bonchev–Trinajstić information content (AvgIpc) is 2.88. The summed E-state index contributed by atoms with van der Waals surface area (Å²) in [4.78, 5) is 24.0. The number of benzene rings is 2. The summed E-state index contributed by atoms with van der Waals surface area (Å²) in [6, 6.07) is 15.3. The molecule has 0 aromatic heterocycles. The van der Waals surface area contributed by atoms with Gasteiger partial charge in [-0.15, -0.1) is 0 Å². The number of rotatable bonds is 13. The van der Waals surface area contributed by atoms with Crippen LogP contribution in [-0.4, -0.2) is 48.2 Å². The van der Waals surface area contributed by atoms with Crippen molar-refractivity contribution in [2.75, 3.05) is 25.1 Å². The zero-order valence-electron chi connectivity index (χ0n) is 19.3. The quantitative estimate of drug-likeness (QED) is 0.192. The predicted molar refractivity (Wildman–Crippen MR) is 127 cm³/mol. The van der Waals surface area contributed by atoms with Crippen LogP contribution >= 0.6 is 0 Å². The smallest absolute Gasteiger partial charge is 0.412 e. The van der Waals surface area contributed by atoms with E-state index in [4.69, 9.17) is 29.8 Å². The van der Waals surface area contributed by atoms with Crippen molar-refractivity contribution in [3.63, 3.8) is 0 Å². The van der Waals surface area contributed by atoms with Crippen molar-refractivity contribution in [3.8, 4) is 11.8 Å². The fourth-order valence-corrected chi connectivity index (χ4v) is 3.22. The summed E-state index contributed by atoms with van der Waals surface area (Å²) in [5.41, 5.74) is 3.06. The highest BCUT2D eigenvalue weighted by Crippen LogP contribution is 2.30. The van der Waals surface area contributed by atoms with Crippen LogP contribution in [0.25, 0.3) is 0 Å². The van der Waals surface area contributed by atoms with Crippen LogP contribution in [-0.2, 0) is 14.3 Å². The number of carbonyl (C=O) groups is 2. The Morgan fingerprint density at radius 3 is 2.63 bits per heavy atom. The van der Waals surface area contributed by atoms with Crippen molar-refractivity contribution < 1.29 is 34.1 Å². The molecule has 2 aromatic rings. The number of nitriles is 1. The van der Waals surface area contributed by atoms with Gasteiger partial charge in [-0.3, -0.25) is 15.3 Å². The summed E-state index contributed by atoms with van der Waals surface area (Å²) in [7, 11) is 0. The Labute approximate surface area is 203 Å². The molecule has 2 aromatic carbocycles. The van der Waals surface area contributed by atoms with Crippen LogP contribution in [0.1, 0.15) is 37.0 Å². The largest absolute Gasteiger partial charge is 0.491 e. The molecule has 0 aliphatic heterocycles. The average molecular weight is 484 g/mol. The topological polar surface area (TPSA) is 150 Å². The number of nitrogens with one attached hydrogen (secondary N) is 2. The van der Waals surface area contributed by atoms with Crippen molar-refractivity contribution >= 4 is 17.7 Å². The summed E-state index contributed by atoms with van der Waals surface area (Å²) in [5, 5.41) is 29.2. The second-order valence-corrected chi connectivity index (χ2v) is 7.23. The molecule has 4 N–H and O–H groups in total. The molecule has 0 unspecified atom stereocenters. The van der Waals surface area contributed by atoms with Gasteiger partial charge >= 0.3 is 6.09 Å². The van der Waals surface area contributed by atoms with E-state index < -0.39 is 24.2 Å². The van der Waals surface area contributed by atoms with Gasteiger partial charge in [-0.25, -0.2) is 10.3 Å². The maximum absolute atomic E-state index is 12.8. The number of hydrogen-bond donors (Lipinski definition) is 4. The highest BCUT2D eigenvalue weighted by atomic mass is 16.6. The van der Waals surface area contributed by atoms with Gasteiger partial charge in [0, 0.05) is 18.4 Å². The van der Waals surface area contributed by atoms with Gasteiger partial charge in [0.2, 0.25) is 0 Å². The van der Waals surface area contributed by atoms with Gasteiger partial charge in [0.25, 0.3) is 5.91 Å². The maximum Gasteiger partial charge on any atom is 0.412 e. The molecule has 2 atom stereocenters. The first-order valence-electron chi connectivity index (χ1n) is 11.0. The van der Waals surface area contributed by atoms with Crippen molar-refractivity contribution in [1.82, 2.24) is 5.48 Å². The van der Waals surface area contributed by atoms with Gasteiger partial charge in [-0.2, -0.15) is 5.26 Å². The van der Waals surface area contributed by atoms with E-state index in [1.807, 2.05) is 13.0 Å². The number of allylic oxidation sites excluding steroid dienone is 1. The van der Waals surface area contributed by atoms with E-state index in [9.17, 15) is 9.59 Å². The van der Waals surface area contributed by atoms with Crippen LogP contribution in [0, 0.1) is 11.3 Å². The molecule has 2 amide bonds. The summed E-state index contributed by atoms with van der Waals surface area (Å²) in [6.45, 7) is 2.13. The lowest BCUT2D eigenvalue weighted by Gasteiger charge is -2.27. The number of amides is 2. The first kappa shape index (κ1) is 27.3. The summed E-state index contributed by atoms with van der Waals surface area (Å²) in [6.07, 6.45) is 1.47. The second-order valence-electron chi connectivity index (χ2n) is 7.23. The first-order valence-corrected chi connectivity index (χ1v) is 11.0. The Morgan fingerprint density at radius 1 is 1.20 bits per heavy atom. The number of hydrogen-bond acceptors (Lipinski definition) is 8. The number of anilines is 1. The Kier molecular flexibility index (Phi) is 11.8. The third-order valence-corrected chi connectivity index (χ3v) is 4.76. The number of aliphatic hydroxyl groups excluding tert-OH is 1. The normalized spacial score (nSPS) is 12.4. The molecule has 0 heterocycles. The van der Waals surface area contributed by atoms with E-state index >= 15 is 0 Å². The number of aliphatic hydroxyl groups is 1. The lowest BCUT2D eigenvalue weighted by atomic mass is 10.00. The second kappa shape index (κ2) is 15.1. The van der Waals surface area contributed by atoms with Gasteiger partial charge < -0.3 is 19.3 Å². The molecule has 0 aliphatic carbocycles. The van der Waals surface area contributed by atoms with E-state index in [1.54, 1.807) is 54.6 Å². The number of carbonyl (C=O) groups excluding carboxylic acids is 2. The van der Waals surface area contributed by atoms with E-state index in [-0.39, 0.29) is 13.2 Å². The molecule has 0 spiro atoms. The van der Waals surface area contributed by atoms with Crippen LogP contribution in [0.15, 0.2) is 60.7 Å². The predicted octanol–water partition coefficient (Wildman–Crippen LogP) is 3.47. The Hall–Kier alpha value is -3.91. The van der Waals surface area contributed by atoms with Gasteiger partial charge in [0.05, 0.1) is 24.3 Å². The molecule has 0 bridgehead atoms. The third kappa shape index (κ3) is 9.46. The Bertz CT molecular complexity index is 1020. The SMILES string of the molecule is CCO[C@H](CC/C=C/C(=O)NO)[C@H](OC(=O)Nc1ccc(C#N)cc1)c1cccc(OCCO)c1. The first-order chi connectivity index (χ1) is 17.0. The minimum atomic E-state index is -0.828. The van der Waals surface area contributed by atoms with Gasteiger partial charge in [0.15, 0.2) is 6.10 Å². The van der Waals surface area contributed by atoms with Crippen LogP contribution in [0.3, 0.4) is 0 Å². The lowest BCUT2D eigenvalue weighted by molar-refractivity contribution is -0.124. The van der Waals surface area contributed by atoms with Crippen molar-refractivity contribution in [3.05, 3.63) is 71.8 Å². The summed E-state index contributed by atoms with van der Waals surface area (Å²) >= 11 is 0. The number of hydroxylamine groups is 1. The number of ether oxygens (including phenoxy) is 3. The van der Waals surface area contributed by atoms with Crippen LogP contribution in [0.4, 0.5) is 10.5 Å². The monoisotopic (exact) mass is 483 g/mol. The molecule has 35 heavy (non-hydrogen) atoms. The fraction of sp³-hybridized carbons (Fsp3) is 0.320. The van der Waals surface area contributed by atoms with Crippen molar-refractivity contribution in [2.45, 2.75) is 32.0 Å². The zero-order chi connectivity index (χ0) is 25.5. The molecule has 186 valence electrons. The molecular weight excluding hydrogens is 454 g/mol. The fourth-order valence-electron chi connectivity index (χ4n) is 3.22.